The SMILES string of the molecule is CCOc1ccnc(NCC(C)(C)CCCCl)n1. The van der Waals surface area contributed by atoms with Crippen LogP contribution in [0.1, 0.15) is 33.6 Å². The molecule has 1 heterocycles. The second kappa shape index (κ2) is 7.41. The van der Waals surface area contributed by atoms with E-state index >= 15 is 0 Å². The standard InChI is InChI=1S/C13H22ClN3O/c1-4-18-11-6-9-15-12(17-11)16-10-13(2,3)7-5-8-14/h6,9H,4-5,7-8,10H2,1-3H3,(H,15,16,17). The molecule has 0 bridgehead atoms. The first-order chi connectivity index (χ1) is 8.57. The fourth-order valence-corrected chi connectivity index (χ4v) is 1.74. The van der Waals surface area contributed by atoms with Crippen molar-refractivity contribution in [3.8, 4) is 5.88 Å². The number of halogens is 1. The molecule has 0 aromatic carbocycles. The van der Waals surface area contributed by atoms with Crippen molar-refractivity contribution in [3.63, 3.8) is 0 Å². The summed E-state index contributed by atoms with van der Waals surface area (Å²) in [5.41, 5.74) is 0.180. The summed E-state index contributed by atoms with van der Waals surface area (Å²) in [4.78, 5) is 8.45. The van der Waals surface area contributed by atoms with Gasteiger partial charge >= 0.3 is 0 Å². The number of ether oxygens (including phenoxy) is 1. The number of hydrogen-bond donors (Lipinski definition) is 1. The van der Waals surface area contributed by atoms with Crippen molar-refractivity contribution < 1.29 is 4.74 Å². The molecule has 1 N–H and O–H groups in total. The summed E-state index contributed by atoms with van der Waals surface area (Å²) in [7, 11) is 0. The largest absolute Gasteiger partial charge is 0.478 e. The summed E-state index contributed by atoms with van der Waals surface area (Å²) in [6.07, 6.45) is 3.80. The topological polar surface area (TPSA) is 47.0 Å². The molecule has 1 rings (SSSR count). The number of anilines is 1. The zero-order valence-corrected chi connectivity index (χ0v) is 12.1. The maximum absolute atomic E-state index is 5.72. The highest BCUT2D eigenvalue weighted by molar-refractivity contribution is 6.17. The molecular formula is C13H22ClN3O. The average molecular weight is 272 g/mol. The van der Waals surface area contributed by atoms with E-state index in [0.29, 0.717) is 24.3 Å². The number of nitrogens with one attached hydrogen (secondary N) is 1. The van der Waals surface area contributed by atoms with E-state index in [1.54, 1.807) is 12.3 Å². The zero-order valence-electron chi connectivity index (χ0n) is 11.4. The minimum Gasteiger partial charge on any atom is -0.478 e. The number of nitrogens with zero attached hydrogens (tertiary/aromatic N) is 2. The lowest BCUT2D eigenvalue weighted by Crippen LogP contribution is -2.24. The Bertz CT molecular complexity index is 358. The van der Waals surface area contributed by atoms with E-state index in [9.17, 15) is 0 Å². The van der Waals surface area contributed by atoms with Crippen LogP contribution >= 0.6 is 11.6 Å². The number of hydrogen-bond acceptors (Lipinski definition) is 4. The van der Waals surface area contributed by atoms with Crippen LogP contribution in [0.5, 0.6) is 5.88 Å². The van der Waals surface area contributed by atoms with Crippen molar-refractivity contribution in [1.29, 1.82) is 0 Å². The molecule has 0 saturated heterocycles. The van der Waals surface area contributed by atoms with Gasteiger partial charge in [-0.3, -0.25) is 0 Å². The maximum atomic E-state index is 5.72. The summed E-state index contributed by atoms with van der Waals surface area (Å²) in [5, 5.41) is 3.25. The molecule has 18 heavy (non-hydrogen) atoms. The van der Waals surface area contributed by atoms with Crippen LogP contribution in [0.3, 0.4) is 0 Å². The molecule has 0 atom stereocenters. The lowest BCUT2D eigenvalue weighted by atomic mass is 9.88. The van der Waals surface area contributed by atoms with Gasteiger partial charge in [-0.05, 0) is 25.2 Å². The molecule has 0 saturated carbocycles. The Morgan fingerprint density at radius 3 is 2.89 bits per heavy atom. The quantitative estimate of drug-likeness (QED) is 0.737. The van der Waals surface area contributed by atoms with Gasteiger partial charge < -0.3 is 10.1 Å². The van der Waals surface area contributed by atoms with E-state index < -0.39 is 0 Å². The first-order valence-corrected chi connectivity index (χ1v) is 6.86. The van der Waals surface area contributed by atoms with Gasteiger partial charge in [0, 0.05) is 24.7 Å². The fraction of sp³-hybridized carbons (Fsp3) is 0.692. The van der Waals surface area contributed by atoms with Crippen molar-refractivity contribution in [3.05, 3.63) is 12.3 Å². The smallest absolute Gasteiger partial charge is 0.225 e. The highest BCUT2D eigenvalue weighted by atomic mass is 35.5. The van der Waals surface area contributed by atoms with E-state index in [-0.39, 0.29) is 5.41 Å². The van der Waals surface area contributed by atoms with Gasteiger partial charge in [0.05, 0.1) is 6.61 Å². The first-order valence-electron chi connectivity index (χ1n) is 6.33. The van der Waals surface area contributed by atoms with Crippen molar-refractivity contribution in [2.24, 2.45) is 5.41 Å². The van der Waals surface area contributed by atoms with Crippen LogP contribution in [0.25, 0.3) is 0 Å². The van der Waals surface area contributed by atoms with Crippen molar-refractivity contribution in [1.82, 2.24) is 9.97 Å². The van der Waals surface area contributed by atoms with Gasteiger partial charge in [-0.1, -0.05) is 13.8 Å². The minimum absolute atomic E-state index is 0.180. The van der Waals surface area contributed by atoms with Crippen LogP contribution in [0.15, 0.2) is 12.3 Å². The van der Waals surface area contributed by atoms with E-state index in [1.807, 2.05) is 6.92 Å². The molecule has 0 aliphatic carbocycles. The van der Waals surface area contributed by atoms with Crippen LogP contribution in [0.4, 0.5) is 5.95 Å². The second-order valence-corrected chi connectivity index (χ2v) is 5.34. The summed E-state index contributed by atoms with van der Waals surface area (Å²) < 4.78 is 5.33. The lowest BCUT2D eigenvalue weighted by molar-refractivity contribution is 0.325. The van der Waals surface area contributed by atoms with Crippen molar-refractivity contribution in [2.45, 2.75) is 33.6 Å². The molecule has 0 spiro atoms. The Labute approximate surface area is 114 Å². The number of rotatable bonds is 8. The van der Waals surface area contributed by atoms with Crippen molar-refractivity contribution >= 4 is 17.5 Å². The first kappa shape index (κ1) is 15.0. The molecule has 0 aliphatic heterocycles. The van der Waals surface area contributed by atoms with Gasteiger partial charge in [-0.15, -0.1) is 11.6 Å². The van der Waals surface area contributed by atoms with Gasteiger partial charge in [0.15, 0.2) is 0 Å². The Hall–Kier alpha value is -1.03. The van der Waals surface area contributed by atoms with Crippen LogP contribution in [-0.4, -0.2) is 29.0 Å². The van der Waals surface area contributed by atoms with Gasteiger partial charge in [0.1, 0.15) is 0 Å². The van der Waals surface area contributed by atoms with Gasteiger partial charge in [0.25, 0.3) is 0 Å². The third-order valence-corrected chi connectivity index (χ3v) is 2.90. The molecule has 0 amide bonds. The van der Waals surface area contributed by atoms with Crippen LogP contribution < -0.4 is 10.1 Å². The van der Waals surface area contributed by atoms with E-state index in [1.165, 1.54) is 0 Å². The highest BCUT2D eigenvalue weighted by Gasteiger charge is 2.17. The third-order valence-electron chi connectivity index (χ3n) is 2.63. The van der Waals surface area contributed by atoms with E-state index in [2.05, 4.69) is 29.1 Å². The molecule has 102 valence electrons. The molecule has 0 radical (unpaired) electrons. The fourth-order valence-electron chi connectivity index (χ4n) is 1.61. The van der Waals surface area contributed by atoms with E-state index in [4.69, 9.17) is 16.3 Å². The molecule has 0 fully saturated rings. The molecule has 1 aromatic rings. The normalized spacial score (nSPS) is 11.3. The molecule has 0 aliphatic rings. The Balaban J connectivity index is 2.49. The molecule has 4 nitrogen and oxygen atoms in total. The third kappa shape index (κ3) is 5.54. The molecule has 0 unspecified atom stereocenters. The van der Waals surface area contributed by atoms with Crippen LogP contribution in [0.2, 0.25) is 0 Å². The summed E-state index contributed by atoms with van der Waals surface area (Å²) >= 11 is 5.72. The average Bonchev–Trinajstić information content (AvgIpc) is 2.35. The summed E-state index contributed by atoms with van der Waals surface area (Å²) in [6, 6.07) is 1.76. The lowest BCUT2D eigenvalue weighted by Gasteiger charge is -2.24. The zero-order chi connectivity index (χ0) is 13.4. The minimum atomic E-state index is 0.180. The Morgan fingerprint density at radius 1 is 1.44 bits per heavy atom. The molecule has 1 aromatic heterocycles. The number of alkyl halides is 1. The Kier molecular flexibility index (Phi) is 6.19. The maximum Gasteiger partial charge on any atom is 0.225 e. The Morgan fingerprint density at radius 2 is 2.22 bits per heavy atom. The van der Waals surface area contributed by atoms with Gasteiger partial charge in [-0.25, -0.2) is 4.98 Å². The highest BCUT2D eigenvalue weighted by Crippen LogP contribution is 2.22. The van der Waals surface area contributed by atoms with Crippen molar-refractivity contribution in [2.75, 3.05) is 24.3 Å². The van der Waals surface area contributed by atoms with Gasteiger partial charge in [-0.2, -0.15) is 4.98 Å². The van der Waals surface area contributed by atoms with Crippen LogP contribution in [-0.2, 0) is 0 Å². The molecule has 5 heteroatoms. The number of aromatic nitrogens is 2. The second-order valence-electron chi connectivity index (χ2n) is 4.96. The van der Waals surface area contributed by atoms with Gasteiger partial charge in [0.2, 0.25) is 11.8 Å². The van der Waals surface area contributed by atoms with E-state index in [0.717, 1.165) is 19.4 Å². The summed E-state index contributed by atoms with van der Waals surface area (Å²) in [5.74, 6) is 1.92. The van der Waals surface area contributed by atoms with Crippen LogP contribution in [0, 0.1) is 5.41 Å². The molecular weight excluding hydrogens is 250 g/mol. The predicted molar refractivity (Wildman–Crippen MR) is 75.4 cm³/mol. The predicted octanol–water partition coefficient (Wildman–Crippen LogP) is 3.33. The monoisotopic (exact) mass is 271 g/mol. The summed E-state index contributed by atoms with van der Waals surface area (Å²) in [6.45, 7) is 7.78.